The zero-order valence-corrected chi connectivity index (χ0v) is 9.52. The minimum atomic E-state index is -4.54. The van der Waals surface area contributed by atoms with Crippen molar-refractivity contribution in [2.24, 2.45) is 0 Å². The molecule has 0 saturated carbocycles. The molecule has 3 nitrogen and oxygen atoms in total. The summed E-state index contributed by atoms with van der Waals surface area (Å²) in [6.07, 6.45) is -2.73. The molecule has 0 aliphatic rings. The van der Waals surface area contributed by atoms with Crippen LogP contribution in [0.3, 0.4) is 0 Å². The average Bonchev–Trinajstić information content (AvgIpc) is 2.39. The SMILES string of the molecule is O=Cc1cccnc1Oc1ccccc1C(F)(F)F. The van der Waals surface area contributed by atoms with E-state index in [-0.39, 0.29) is 11.4 Å². The van der Waals surface area contributed by atoms with Gasteiger partial charge in [0.05, 0.1) is 11.1 Å². The summed E-state index contributed by atoms with van der Waals surface area (Å²) in [5, 5.41) is 0. The average molecular weight is 267 g/mol. The molecule has 0 fully saturated rings. The van der Waals surface area contributed by atoms with E-state index in [0.717, 1.165) is 6.07 Å². The molecule has 0 N–H and O–H groups in total. The van der Waals surface area contributed by atoms with Gasteiger partial charge in [-0.05, 0) is 24.3 Å². The number of ether oxygens (including phenoxy) is 1. The Morgan fingerprint density at radius 1 is 1.11 bits per heavy atom. The van der Waals surface area contributed by atoms with Crippen LogP contribution in [-0.2, 0) is 6.18 Å². The van der Waals surface area contributed by atoms with Crippen LogP contribution in [-0.4, -0.2) is 11.3 Å². The number of hydrogen-bond donors (Lipinski definition) is 0. The number of hydrogen-bond acceptors (Lipinski definition) is 3. The number of pyridine rings is 1. The van der Waals surface area contributed by atoms with Gasteiger partial charge in [0.15, 0.2) is 6.29 Å². The summed E-state index contributed by atoms with van der Waals surface area (Å²) >= 11 is 0. The maximum Gasteiger partial charge on any atom is 0.419 e. The molecule has 0 unspecified atom stereocenters. The Morgan fingerprint density at radius 3 is 2.53 bits per heavy atom. The van der Waals surface area contributed by atoms with E-state index in [2.05, 4.69) is 4.98 Å². The maximum atomic E-state index is 12.8. The van der Waals surface area contributed by atoms with Crippen molar-refractivity contribution in [2.45, 2.75) is 6.18 Å². The monoisotopic (exact) mass is 267 g/mol. The molecule has 0 aliphatic carbocycles. The summed E-state index contributed by atoms with van der Waals surface area (Å²) < 4.78 is 43.4. The molecule has 0 radical (unpaired) electrons. The van der Waals surface area contributed by atoms with E-state index in [0.29, 0.717) is 6.29 Å². The van der Waals surface area contributed by atoms with Gasteiger partial charge >= 0.3 is 6.18 Å². The molecule has 0 bridgehead atoms. The second-order valence-electron chi connectivity index (χ2n) is 3.61. The van der Waals surface area contributed by atoms with E-state index in [4.69, 9.17) is 4.74 Å². The van der Waals surface area contributed by atoms with E-state index in [1.807, 2.05) is 0 Å². The van der Waals surface area contributed by atoms with Crippen molar-refractivity contribution >= 4 is 6.29 Å². The molecule has 19 heavy (non-hydrogen) atoms. The van der Waals surface area contributed by atoms with E-state index in [1.54, 1.807) is 0 Å². The van der Waals surface area contributed by atoms with Gasteiger partial charge in [-0.3, -0.25) is 4.79 Å². The molecule has 0 atom stereocenters. The molecule has 6 heteroatoms. The van der Waals surface area contributed by atoms with Gasteiger partial charge in [-0.15, -0.1) is 0 Å². The van der Waals surface area contributed by atoms with Crippen LogP contribution in [0.15, 0.2) is 42.6 Å². The molecular weight excluding hydrogens is 259 g/mol. The van der Waals surface area contributed by atoms with Crippen LogP contribution in [0.2, 0.25) is 0 Å². The fourth-order valence-electron chi connectivity index (χ4n) is 1.47. The number of para-hydroxylation sites is 1. The molecule has 0 spiro atoms. The standard InChI is InChI=1S/C13H8F3NO2/c14-13(15,16)10-5-1-2-6-11(10)19-12-9(8-18)4-3-7-17-12/h1-8H. The van der Waals surface area contributed by atoms with E-state index in [1.165, 1.54) is 36.5 Å². The number of carbonyl (C=O) groups excluding carboxylic acids is 1. The van der Waals surface area contributed by atoms with Crippen LogP contribution in [0.4, 0.5) is 13.2 Å². The summed E-state index contributed by atoms with van der Waals surface area (Å²) in [6.45, 7) is 0. The number of halogens is 3. The predicted octanol–water partition coefficient (Wildman–Crippen LogP) is 3.71. The zero-order chi connectivity index (χ0) is 13.9. The Kier molecular flexibility index (Phi) is 3.50. The van der Waals surface area contributed by atoms with Crippen molar-refractivity contribution in [3.8, 4) is 11.6 Å². The highest BCUT2D eigenvalue weighted by atomic mass is 19.4. The molecule has 0 saturated heterocycles. The molecule has 1 heterocycles. The minimum absolute atomic E-state index is 0.0828. The third-order valence-electron chi connectivity index (χ3n) is 2.33. The Labute approximate surface area is 106 Å². The molecule has 1 aromatic heterocycles. The summed E-state index contributed by atoms with van der Waals surface area (Å²) in [5.41, 5.74) is -0.836. The lowest BCUT2D eigenvalue weighted by Gasteiger charge is -2.13. The largest absolute Gasteiger partial charge is 0.438 e. The Balaban J connectivity index is 2.42. The van der Waals surface area contributed by atoms with E-state index >= 15 is 0 Å². The topological polar surface area (TPSA) is 39.2 Å². The number of aromatic nitrogens is 1. The van der Waals surface area contributed by atoms with Crippen LogP contribution < -0.4 is 4.74 Å². The van der Waals surface area contributed by atoms with Gasteiger partial charge in [0.2, 0.25) is 5.88 Å². The fraction of sp³-hybridized carbons (Fsp3) is 0.0769. The lowest BCUT2D eigenvalue weighted by atomic mass is 10.2. The van der Waals surface area contributed by atoms with Crippen LogP contribution in [0.5, 0.6) is 11.6 Å². The van der Waals surface area contributed by atoms with Crippen LogP contribution in [0.25, 0.3) is 0 Å². The van der Waals surface area contributed by atoms with Crippen LogP contribution in [0.1, 0.15) is 15.9 Å². The smallest absolute Gasteiger partial charge is 0.419 e. The van der Waals surface area contributed by atoms with Crippen molar-refractivity contribution in [3.05, 3.63) is 53.7 Å². The summed E-state index contributed by atoms with van der Waals surface area (Å²) in [6, 6.07) is 7.64. The molecule has 98 valence electrons. The summed E-state index contributed by atoms with van der Waals surface area (Å²) in [7, 11) is 0. The van der Waals surface area contributed by atoms with Crippen molar-refractivity contribution in [2.75, 3.05) is 0 Å². The predicted molar refractivity (Wildman–Crippen MR) is 61.1 cm³/mol. The lowest BCUT2D eigenvalue weighted by Crippen LogP contribution is -2.07. The number of nitrogens with zero attached hydrogens (tertiary/aromatic N) is 1. The lowest BCUT2D eigenvalue weighted by molar-refractivity contribution is -0.138. The second-order valence-corrected chi connectivity index (χ2v) is 3.61. The number of alkyl halides is 3. The van der Waals surface area contributed by atoms with Crippen molar-refractivity contribution in [3.63, 3.8) is 0 Å². The summed E-state index contributed by atoms with van der Waals surface area (Å²) in [4.78, 5) is 14.5. The van der Waals surface area contributed by atoms with Crippen LogP contribution in [0, 0.1) is 0 Å². The Morgan fingerprint density at radius 2 is 1.84 bits per heavy atom. The molecule has 0 aliphatic heterocycles. The maximum absolute atomic E-state index is 12.8. The van der Waals surface area contributed by atoms with Crippen molar-refractivity contribution < 1.29 is 22.7 Å². The van der Waals surface area contributed by atoms with E-state index < -0.39 is 17.5 Å². The normalized spacial score (nSPS) is 11.1. The first-order chi connectivity index (χ1) is 9.02. The molecular formula is C13H8F3NO2. The van der Waals surface area contributed by atoms with Crippen LogP contribution >= 0.6 is 0 Å². The first kappa shape index (κ1) is 13.1. The van der Waals surface area contributed by atoms with Gasteiger partial charge < -0.3 is 4.74 Å². The zero-order valence-electron chi connectivity index (χ0n) is 9.52. The minimum Gasteiger partial charge on any atom is -0.438 e. The molecule has 2 aromatic rings. The van der Waals surface area contributed by atoms with Gasteiger partial charge in [-0.2, -0.15) is 13.2 Å². The molecule has 1 aromatic carbocycles. The Hall–Kier alpha value is -2.37. The highest BCUT2D eigenvalue weighted by Crippen LogP contribution is 2.37. The van der Waals surface area contributed by atoms with Gasteiger partial charge in [0.1, 0.15) is 5.75 Å². The molecule has 2 rings (SSSR count). The first-order valence-electron chi connectivity index (χ1n) is 5.26. The molecule has 0 amide bonds. The highest BCUT2D eigenvalue weighted by molar-refractivity contribution is 5.78. The summed E-state index contributed by atoms with van der Waals surface area (Å²) in [5.74, 6) is -0.550. The third kappa shape index (κ3) is 2.90. The highest BCUT2D eigenvalue weighted by Gasteiger charge is 2.34. The van der Waals surface area contributed by atoms with Crippen molar-refractivity contribution in [1.29, 1.82) is 0 Å². The van der Waals surface area contributed by atoms with Gasteiger partial charge in [-0.1, -0.05) is 12.1 Å². The van der Waals surface area contributed by atoms with Crippen molar-refractivity contribution in [1.82, 2.24) is 4.98 Å². The van der Waals surface area contributed by atoms with E-state index in [9.17, 15) is 18.0 Å². The Bertz CT molecular complexity index is 596. The van der Waals surface area contributed by atoms with Gasteiger partial charge in [0, 0.05) is 6.20 Å². The second kappa shape index (κ2) is 5.09. The number of aldehydes is 1. The number of rotatable bonds is 3. The number of benzene rings is 1. The number of carbonyl (C=O) groups is 1. The third-order valence-corrected chi connectivity index (χ3v) is 2.33. The quantitative estimate of drug-likeness (QED) is 0.796. The fourth-order valence-corrected chi connectivity index (χ4v) is 1.47. The first-order valence-corrected chi connectivity index (χ1v) is 5.26. The van der Waals surface area contributed by atoms with Gasteiger partial charge in [-0.25, -0.2) is 4.98 Å². The van der Waals surface area contributed by atoms with Gasteiger partial charge in [0.25, 0.3) is 0 Å².